The summed E-state index contributed by atoms with van der Waals surface area (Å²) in [5.74, 6) is -0.0332. The van der Waals surface area contributed by atoms with E-state index in [2.05, 4.69) is 12.2 Å². The molecule has 1 rings (SSSR count). The summed E-state index contributed by atoms with van der Waals surface area (Å²) in [6.45, 7) is 6.03. The number of amides is 1. The lowest BCUT2D eigenvalue weighted by atomic mass is 10.0. The third-order valence-corrected chi connectivity index (χ3v) is 3.01. The lowest BCUT2D eigenvalue weighted by Gasteiger charge is -2.14. The third-order valence-electron chi connectivity index (χ3n) is 3.01. The van der Waals surface area contributed by atoms with E-state index in [0.29, 0.717) is 6.42 Å². The highest BCUT2D eigenvalue weighted by Gasteiger charge is 2.09. The molecule has 0 unspecified atom stereocenters. The van der Waals surface area contributed by atoms with Crippen molar-refractivity contribution in [3.05, 3.63) is 34.9 Å². The van der Waals surface area contributed by atoms with Crippen molar-refractivity contribution < 1.29 is 9.90 Å². The molecule has 0 radical (unpaired) electrons. The fourth-order valence-electron chi connectivity index (χ4n) is 1.65. The summed E-state index contributed by atoms with van der Waals surface area (Å²) in [5, 5.41) is 11.8. The molecule has 1 aromatic carbocycles. The van der Waals surface area contributed by atoms with Gasteiger partial charge < -0.3 is 10.4 Å². The number of benzene rings is 1. The zero-order valence-corrected chi connectivity index (χ0v) is 10.8. The molecule has 0 saturated heterocycles. The van der Waals surface area contributed by atoms with E-state index in [-0.39, 0.29) is 18.6 Å². The number of nitrogens with one attached hydrogen (secondary N) is 1. The topological polar surface area (TPSA) is 49.3 Å². The van der Waals surface area contributed by atoms with Crippen molar-refractivity contribution in [3.63, 3.8) is 0 Å². The molecule has 94 valence electrons. The van der Waals surface area contributed by atoms with Crippen molar-refractivity contribution in [2.75, 3.05) is 6.61 Å². The van der Waals surface area contributed by atoms with Crippen molar-refractivity contribution in [1.82, 2.24) is 5.32 Å². The van der Waals surface area contributed by atoms with Crippen molar-refractivity contribution in [2.45, 2.75) is 39.7 Å². The van der Waals surface area contributed by atoms with E-state index < -0.39 is 0 Å². The fourth-order valence-corrected chi connectivity index (χ4v) is 1.65. The van der Waals surface area contributed by atoms with E-state index in [1.165, 1.54) is 11.1 Å². The largest absolute Gasteiger partial charge is 0.394 e. The predicted octanol–water partition coefficient (Wildman–Crippen LogP) is 1.73. The number of hydrogen-bond acceptors (Lipinski definition) is 2. The van der Waals surface area contributed by atoms with Gasteiger partial charge >= 0.3 is 0 Å². The standard InChI is InChI=1S/C14H21NO2/c1-4-13(9-16)15-14(17)8-12-6-5-10(2)11(3)7-12/h5-7,13,16H,4,8-9H2,1-3H3,(H,15,17)/t13-/m1/s1. The molecule has 1 amide bonds. The molecule has 3 heteroatoms. The first kappa shape index (κ1) is 13.7. The van der Waals surface area contributed by atoms with Gasteiger partial charge in [0, 0.05) is 0 Å². The van der Waals surface area contributed by atoms with Crippen LogP contribution in [0.2, 0.25) is 0 Å². The molecule has 0 heterocycles. The van der Waals surface area contributed by atoms with E-state index >= 15 is 0 Å². The summed E-state index contributed by atoms with van der Waals surface area (Å²) in [6, 6.07) is 5.91. The van der Waals surface area contributed by atoms with Gasteiger partial charge in [0.1, 0.15) is 0 Å². The van der Waals surface area contributed by atoms with Gasteiger partial charge in [-0.2, -0.15) is 0 Å². The number of carbonyl (C=O) groups is 1. The minimum Gasteiger partial charge on any atom is -0.394 e. The first-order valence-corrected chi connectivity index (χ1v) is 6.03. The van der Waals surface area contributed by atoms with Crippen LogP contribution in [0, 0.1) is 13.8 Å². The smallest absolute Gasteiger partial charge is 0.224 e. The van der Waals surface area contributed by atoms with Gasteiger partial charge in [0.2, 0.25) is 5.91 Å². The van der Waals surface area contributed by atoms with E-state index in [9.17, 15) is 4.79 Å². The van der Waals surface area contributed by atoms with Gasteiger partial charge in [0.15, 0.2) is 0 Å². The molecule has 1 atom stereocenters. The molecular weight excluding hydrogens is 214 g/mol. The van der Waals surface area contributed by atoms with Crippen LogP contribution < -0.4 is 5.32 Å². The van der Waals surface area contributed by atoms with Crippen LogP contribution >= 0.6 is 0 Å². The number of carbonyl (C=O) groups excluding carboxylic acids is 1. The van der Waals surface area contributed by atoms with Crippen LogP contribution in [0.5, 0.6) is 0 Å². The summed E-state index contributed by atoms with van der Waals surface area (Å²) in [6.07, 6.45) is 1.12. The first-order chi connectivity index (χ1) is 8.06. The molecule has 0 fully saturated rings. The Balaban J connectivity index is 2.58. The van der Waals surface area contributed by atoms with Crippen molar-refractivity contribution in [1.29, 1.82) is 0 Å². The Morgan fingerprint density at radius 3 is 2.59 bits per heavy atom. The van der Waals surface area contributed by atoms with Gasteiger partial charge in [-0.1, -0.05) is 25.1 Å². The average Bonchev–Trinajstić information content (AvgIpc) is 2.31. The highest BCUT2D eigenvalue weighted by Crippen LogP contribution is 2.10. The molecule has 0 aliphatic rings. The van der Waals surface area contributed by atoms with Crippen LogP contribution in [-0.4, -0.2) is 23.7 Å². The minimum atomic E-state index is -0.131. The van der Waals surface area contributed by atoms with Gasteiger partial charge in [-0.05, 0) is 37.0 Å². The molecule has 2 N–H and O–H groups in total. The Hall–Kier alpha value is -1.35. The maximum absolute atomic E-state index is 11.7. The first-order valence-electron chi connectivity index (χ1n) is 6.03. The van der Waals surface area contributed by atoms with E-state index in [4.69, 9.17) is 5.11 Å². The Kier molecular flexibility index (Phi) is 5.16. The maximum atomic E-state index is 11.7. The molecule has 0 spiro atoms. The molecule has 0 aliphatic carbocycles. The second kappa shape index (κ2) is 6.40. The Morgan fingerprint density at radius 2 is 2.06 bits per heavy atom. The van der Waals surface area contributed by atoms with E-state index in [1.54, 1.807) is 0 Å². The number of rotatable bonds is 5. The Labute approximate surface area is 103 Å². The van der Waals surface area contributed by atoms with Gasteiger partial charge in [0.05, 0.1) is 19.1 Å². The highest BCUT2D eigenvalue weighted by molar-refractivity contribution is 5.78. The highest BCUT2D eigenvalue weighted by atomic mass is 16.3. The Morgan fingerprint density at radius 1 is 1.35 bits per heavy atom. The van der Waals surface area contributed by atoms with Gasteiger partial charge in [-0.3, -0.25) is 4.79 Å². The lowest BCUT2D eigenvalue weighted by molar-refractivity contribution is -0.121. The molecule has 1 aromatic rings. The Bertz CT molecular complexity index is 384. The van der Waals surface area contributed by atoms with Crippen LogP contribution in [0.1, 0.15) is 30.0 Å². The van der Waals surface area contributed by atoms with Crippen LogP contribution in [-0.2, 0) is 11.2 Å². The van der Waals surface area contributed by atoms with Crippen LogP contribution in [0.3, 0.4) is 0 Å². The van der Waals surface area contributed by atoms with E-state index in [0.717, 1.165) is 12.0 Å². The second-order valence-corrected chi connectivity index (χ2v) is 4.45. The summed E-state index contributed by atoms with van der Waals surface area (Å²) >= 11 is 0. The number of hydrogen-bond donors (Lipinski definition) is 2. The molecule has 0 aromatic heterocycles. The quantitative estimate of drug-likeness (QED) is 0.816. The van der Waals surface area contributed by atoms with Crippen LogP contribution in [0.4, 0.5) is 0 Å². The third kappa shape index (κ3) is 4.19. The van der Waals surface area contributed by atoms with Gasteiger partial charge in [-0.25, -0.2) is 0 Å². The van der Waals surface area contributed by atoms with Gasteiger partial charge in [-0.15, -0.1) is 0 Å². The molecule has 0 saturated carbocycles. The summed E-state index contributed by atoms with van der Waals surface area (Å²) < 4.78 is 0. The molecule has 0 bridgehead atoms. The zero-order chi connectivity index (χ0) is 12.8. The monoisotopic (exact) mass is 235 g/mol. The summed E-state index contributed by atoms with van der Waals surface area (Å²) in [4.78, 5) is 11.7. The van der Waals surface area contributed by atoms with Crippen molar-refractivity contribution in [2.24, 2.45) is 0 Å². The van der Waals surface area contributed by atoms with Crippen LogP contribution in [0.25, 0.3) is 0 Å². The van der Waals surface area contributed by atoms with E-state index in [1.807, 2.05) is 32.0 Å². The maximum Gasteiger partial charge on any atom is 0.224 e. The predicted molar refractivity (Wildman–Crippen MR) is 68.9 cm³/mol. The van der Waals surface area contributed by atoms with Gasteiger partial charge in [0.25, 0.3) is 0 Å². The second-order valence-electron chi connectivity index (χ2n) is 4.45. The number of aryl methyl sites for hydroxylation is 2. The normalized spacial score (nSPS) is 12.2. The molecular formula is C14H21NO2. The SMILES string of the molecule is CC[C@H](CO)NC(=O)Cc1ccc(C)c(C)c1. The van der Waals surface area contributed by atoms with Crippen molar-refractivity contribution >= 4 is 5.91 Å². The molecule has 3 nitrogen and oxygen atoms in total. The molecule has 17 heavy (non-hydrogen) atoms. The minimum absolute atomic E-state index is 0.00480. The molecule has 0 aliphatic heterocycles. The summed E-state index contributed by atoms with van der Waals surface area (Å²) in [7, 11) is 0. The van der Waals surface area contributed by atoms with Crippen molar-refractivity contribution in [3.8, 4) is 0 Å². The number of aliphatic hydroxyl groups excluding tert-OH is 1. The average molecular weight is 235 g/mol. The summed E-state index contributed by atoms with van der Waals surface area (Å²) in [5.41, 5.74) is 3.44. The lowest BCUT2D eigenvalue weighted by Crippen LogP contribution is -2.37. The zero-order valence-electron chi connectivity index (χ0n) is 10.8. The fraction of sp³-hybridized carbons (Fsp3) is 0.500. The number of aliphatic hydroxyl groups is 1. The van der Waals surface area contributed by atoms with Crippen LogP contribution in [0.15, 0.2) is 18.2 Å².